The van der Waals surface area contributed by atoms with Gasteiger partial charge in [-0.05, 0) is 25.0 Å². The number of nitrogens with one attached hydrogen (secondary N) is 1. The molecule has 0 unspecified atom stereocenters. The van der Waals surface area contributed by atoms with Crippen LogP contribution in [0, 0.1) is 5.92 Å². The van der Waals surface area contributed by atoms with Crippen LogP contribution in [0.25, 0.3) is 0 Å². The molecule has 6 heteroatoms. The summed E-state index contributed by atoms with van der Waals surface area (Å²) in [4.78, 5) is 25.6. The van der Waals surface area contributed by atoms with Crippen molar-refractivity contribution in [3.63, 3.8) is 0 Å². The van der Waals surface area contributed by atoms with Crippen LogP contribution in [-0.4, -0.2) is 24.9 Å². The van der Waals surface area contributed by atoms with Crippen molar-refractivity contribution >= 4 is 40.7 Å². The van der Waals surface area contributed by atoms with E-state index in [-0.39, 0.29) is 17.7 Å². The zero-order valence-electron chi connectivity index (χ0n) is 13.3. The molecule has 0 aromatic heterocycles. The molecule has 0 radical (unpaired) electrons. The molecule has 1 aromatic carbocycles. The summed E-state index contributed by atoms with van der Waals surface area (Å²) in [5.41, 5.74) is 0.496. The second-order valence-corrected chi connectivity index (χ2v) is 6.68. The third-order valence-corrected chi connectivity index (χ3v) is 4.81. The van der Waals surface area contributed by atoms with Gasteiger partial charge in [-0.15, -0.1) is 0 Å². The number of anilines is 1. The molecule has 126 valence electrons. The molecule has 1 aliphatic carbocycles. The van der Waals surface area contributed by atoms with Crippen LogP contribution in [0.4, 0.5) is 5.69 Å². The van der Waals surface area contributed by atoms with Gasteiger partial charge in [0.2, 0.25) is 11.8 Å². The molecular weight excluding hydrogens is 335 g/mol. The van der Waals surface area contributed by atoms with Crippen LogP contribution in [0.3, 0.4) is 0 Å². The van der Waals surface area contributed by atoms with Crippen LogP contribution in [0.1, 0.15) is 39.0 Å². The minimum absolute atomic E-state index is 0.0819. The van der Waals surface area contributed by atoms with Crippen molar-refractivity contribution < 1.29 is 9.59 Å². The first kappa shape index (κ1) is 18.1. The number of halogens is 2. The van der Waals surface area contributed by atoms with Crippen molar-refractivity contribution in [1.82, 2.24) is 5.32 Å². The van der Waals surface area contributed by atoms with E-state index in [1.807, 2.05) is 0 Å². The Bertz CT molecular complexity index is 551. The fourth-order valence-electron chi connectivity index (χ4n) is 2.97. The van der Waals surface area contributed by atoms with Gasteiger partial charge in [-0.3, -0.25) is 9.59 Å². The molecule has 0 aliphatic heterocycles. The van der Waals surface area contributed by atoms with Gasteiger partial charge in [0.25, 0.3) is 0 Å². The van der Waals surface area contributed by atoms with E-state index in [0.29, 0.717) is 28.8 Å². The number of hydrogen-bond acceptors (Lipinski definition) is 2. The summed E-state index contributed by atoms with van der Waals surface area (Å²) in [6.07, 6.45) is 5.36. The Morgan fingerprint density at radius 1 is 1.17 bits per heavy atom. The van der Waals surface area contributed by atoms with Crippen LogP contribution >= 0.6 is 23.2 Å². The Morgan fingerprint density at radius 2 is 1.78 bits per heavy atom. The molecule has 23 heavy (non-hydrogen) atoms. The fourth-order valence-corrected chi connectivity index (χ4v) is 3.58. The predicted molar refractivity (Wildman–Crippen MR) is 94.1 cm³/mol. The monoisotopic (exact) mass is 356 g/mol. The van der Waals surface area contributed by atoms with Gasteiger partial charge in [0.1, 0.15) is 0 Å². The van der Waals surface area contributed by atoms with Crippen LogP contribution < -0.4 is 10.2 Å². The maximum atomic E-state index is 12.2. The molecule has 0 saturated heterocycles. The summed E-state index contributed by atoms with van der Waals surface area (Å²) in [6.45, 7) is 2.19. The van der Waals surface area contributed by atoms with E-state index in [0.717, 1.165) is 25.7 Å². The molecule has 1 fully saturated rings. The highest BCUT2D eigenvalue weighted by atomic mass is 35.5. The van der Waals surface area contributed by atoms with Gasteiger partial charge in [0.05, 0.1) is 15.7 Å². The summed E-state index contributed by atoms with van der Waals surface area (Å²) >= 11 is 12.3. The standard InChI is InChI=1S/C17H22Cl2N2O2/c1-12(22)21(16-14(18)8-5-9-15(16)19)11-10-20-17(23)13-6-3-2-4-7-13/h5,8-9,13H,2-4,6-7,10-11H2,1H3,(H,20,23). The second kappa shape index (κ2) is 8.55. The first-order chi connectivity index (χ1) is 11.0. The van der Waals surface area contributed by atoms with E-state index < -0.39 is 0 Å². The van der Waals surface area contributed by atoms with Crippen molar-refractivity contribution in [2.45, 2.75) is 39.0 Å². The predicted octanol–water partition coefficient (Wildman–Crippen LogP) is 4.04. The van der Waals surface area contributed by atoms with E-state index in [1.165, 1.54) is 18.2 Å². The van der Waals surface area contributed by atoms with E-state index in [4.69, 9.17) is 23.2 Å². The normalized spacial score (nSPS) is 15.3. The van der Waals surface area contributed by atoms with Crippen molar-refractivity contribution in [2.75, 3.05) is 18.0 Å². The van der Waals surface area contributed by atoms with Crippen LogP contribution in [0.2, 0.25) is 10.0 Å². The average Bonchev–Trinajstić information content (AvgIpc) is 2.53. The smallest absolute Gasteiger partial charge is 0.224 e. The van der Waals surface area contributed by atoms with Gasteiger partial charge in [-0.2, -0.15) is 0 Å². The first-order valence-electron chi connectivity index (χ1n) is 8.00. The number of carbonyl (C=O) groups is 2. The number of amides is 2. The van der Waals surface area contributed by atoms with E-state index in [9.17, 15) is 9.59 Å². The van der Waals surface area contributed by atoms with Crippen LogP contribution in [0.15, 0.2) is 18.2 Å². The van der Waals surface area contributed by atoms with Crippen molar-refractivity contribution in [3.8, 4) is 0 Å². The highest BCUT2D eigenvalue weighted by molar-refractivity contribution is 6.39. The molecule has 1 saturated carbocycles. The lowest BCUT2D eigenvalue weighted by molar-refractivity contribution is -0.126. The number of rotatable bonds is 5. The van der Waals surface area contributed by atoms with E-state index in [2.05, 4.69) is 5.32 Å². The number of benzene rings is 1. The third kappa shape index (κ3) is 4.85. The van der Waals surface area contributed by atoms with E-state index in [1.54, 1.807) is 18.2 Å². The number of hydrogen-bond donors (Lipinski definition) is 1. The molecule has 1 aromatic rings. The van der Waals surface area contributed by atoms with Crippen LogP contribution in [0.5, 0.6) is 0 Å². The first-order valence-corrected chi connectivity index (χ1v) is 8.76. The quantitative estimate of drug-likeness (QED) is 0.865. The minimum Gasteiger partial charge on any atom is -0.354 e. The maximum Gasteiger partial charge on any atom is 0.224 e. The second-order valence-electron chi connectivity index (χ2n) is 5.87. The topological polar surface area (TPSA) is 49.4 Å². The summed E-state index contributed by atoms with van der Waals surface area (Å²) in [7, 11) is 0. The molecule has 0 spiro atoms. The molecule has 0 atom stereocenters. The lowest BCUT2D eigenvalue weighted by Gasteiger charge is -2.25. The molecule has 4 nitrogen and oxygen atoms in total. The van der Waals surface area contributed by atoms with Gasteiger partial charge in [0.15, 0.2) is 0 Å². The Morgan fingerprint density at radius 3 is 2.35 bits per heavy atom. The number of nitrogens with zero attached hydrogens (tertiary/aromatic N) is 1. The Balaban J connectivity index is 1.95. The largest absolute Gasteiger partial charge is 0.354 e. The van der Waals surface area contributed by atoms with Crippen LogP contribution in [-0.2, 0) is 9.59 Å². The average molecular weight is 357 g/mol. The zero-order valence-corrected chi connectivity index (χ0v) is 14.8. The Kier molecular flexibility index (Phi) is 6.72. The molecule has 1 aliphatic rings. The highest BCUT2D eigenvalue weighted by Gasteiger charge is 2.22. The van der Waals surface area contributed by atoms with Crippen molar-refractivity contribution in [2.24, 2.45) is 5.92 Å². The highest BCUT2D eigenvalue weighted by Crippen LogP contribution is 2.33. The third-order valence-electron chi connectivity index (χ3n) is 4.20. The molecule has 2 amide bonds. The molecule has 2 rings (SSSR count). The summed E-state index contributed by atoms with van der Waals surface area (Å²) < 4.78 is 0. The fraction of sp³-hybridized carbons (Fsp3) is 0.529. The summed E-state index contributed by atoms with van der Waals surface area (Å²) in [5.74, 6) is 0.0313. The molecular formula is C17H22Cl2N2O2. The van der Waals surface area contributed by atoms with Gasteiger partial charge < -0.3 is 10.2 Å². The lowest BCUT2D eigenvalue weighted by atomic mass is 9.89. The Hall–Kier alpha value is -1.26. The van der Waals surface area contributed by atoms with Gasteiger partial charge >= 0.3 is 0 Å². The molecule has 1 N–H and O–H groups in total. The number of carbonyl (C=O) groups excluding carboxylic acids is 2. The van der Waals surface area contributed by atoms with Gasteiger partial charge in [-0.1, -0.05) is 48.5 Å². The van der Waals surface area contributed by atoms with Gasteiger partial charge in [0, 0.05) is 25.9 Å². The zero-order chi connectivity index (χ0) is 16.8. The summed E-state index contributed by atoms with van der Waals surface area (Å²) in [5, 5.41) is 3.77. The molecule has 0 bridgehead atoms. The lowest BCUT2D eigenvalue weighted by Crippen LogP contribution is -2.40. The number of para-hydroxylation sites is 1. The molecule has 0 heterocycles. The van der Waals surface area contributed by atoms with Crippen molar-refractivity contribution in [3.05, 3.63) is 28.2 Å². The maximum absolute atomic E-state index is 12.2. The minimum atomic E-state index is -0.160. The SMILES string of the molecule is CC(=O)N(CCNC(=O)C1CCCCC1)c1c(Cl)cccc1Cl. The van der Waals surface area contributed by atoms with Crippen molar-refractivity contribution in [1.29, 1.82) is 0 Å². The Labute approximate surface area is 147 Å². The summed E-state index contributed by atoms with van der Waals surface area (Å²) in [6, 6.07) is 5.12. The van der Waals surface area contributed by atoms with E-state index >= 15 is 0 Å². The van der Waals surface area contributed by atoms with Gasteiger partial charge in [-0.25, -0.2) is 0 Å².